The Kier molecular flexibility index (Phi) is 3.97. The molecule has 3 aromatic rings. The van der Waals surface area contributed by atoms with E-state index in [1.54, 1.807) is 13.0 Å². The lowest BCUT2D eigenvalue weighted by Gasteiger charge is -2.11. The van der Waals surface area contributed by atoms with Gasteiger partial charge in [-0.15, -0.1) is 0 Å². The van der Waals surface area contributed by atoms with Crippen LogP contribution in [0.4, 0.5) is 0 Å². The van der Waals surface area contributed by atoms with E-state index in [-0.39, 0.29) is 11.6 Å². The van der Waals surface area contributed by atoms with Gasteiger partial charge in [0.2, 0.25) is 0 Å². The molecule has 2 aromatic heterocycles. The minimum Gasteiger partial charge on any atom is -0.361 e. The maximum absolute atomic E-state index is 12.1. The highest BCUT2D eigenvalue weighted by Gasteiger charge is 2.13. The summed E-state index contributed by atoms with van der Waals surface area (Å²) in [6.45, 7) is 6.11. The summed E-state index contributed by atoms with van der Waals surface area (Å²) in [4.78, 5) is 12.1. The van der Waals surface area contributed by atoms with Crippen LogP contribution in [-0.2, 0) is 6.54 Å². The van der Waals surface area contributed by atoms with Crippen LogP contribution in [0.3, 0.4) is 0 Å². The first kappa shape index (κ1) is 15.0. The van der Waals surface area contributed by atoms with Gasteiger partial charge in [-0.3, -0.25) is 4.79 Å². The van der Waals surface area contributed by atoms with Gasteiger partial charge < -0.3 is 9.84 Å². The van der Waals surface area contributed by atoms with Gasteiger partial charge in [-0.05, 0) is 38.5 Å². The van der Waals surface area contributed by atoms with E-state index in [4.69, 9.17) is 4.52 Å². The standard InChI is InChI=1S/C17H18N4O2/c1-11-8-12(2)21(19-11)16-7-5-4-6-14(16)10-18-17(22)15-9-13(3)23-20-15/h4-9H,10H2,1-3H3,(H,18,22). The molecule has 0 atom stereocenters. The van der Waals surface area contributed by atoms with Crippen LogP contribution in [0.15, 0.2) is 40.9 Å². The second kappa shape index (κ2) is 6.08. The molecule has 0 aliphatic carbocycles. The zero-order valence-corrected chi connectivity index (χ0v) is 13.3. The predicted octanol–water partition coefficient (Wildman–Crippen LogP) is 2.72. The van der Waals surface area contributed by atoms with Crippen molar-refractivity contribution in [2.24, 2.45) is 0 Å². The average Bonchev–Trinajstić information content (AvgIpc) is 3.10. The van der Waals surface area contributed by atoms with E-state index in [1.807, 2.05) is 48.9 Å². The third kappa shape index (κ3) is 3.15. The van der Waals surface area contributed by atoms with Crippen LogP contribution in [0.5, 0.6) is 0 Å². The van der Waals surface area contributed by atoms with E-state index >= 15 is 0 Å². The molecule has 0 aliphatic heterocycles. The minimum atomic E-state index is -0.259. The number of carbonyl (C=O) groups is 1. The first-order valence-corrected chi connectivity index (χ1v) is 7.37. The van der Waals surface area contributed by atoms with E-state index in [9.17, 15) is 4.79 Å². The summed E-state index contributed by atoms with van der Waals surface area (Å²) in [5.74, 6) is 0.350. The number of carbonyl (C=O) groups excluding carboxylic acids is 1. The summed E-state index contributed by atoms with van der Waals surface area (Å²) in [5.41, 5.74) is 4.22. The third-order valence-electron chi connectivity index (χ3n) is 3.53. The zero-order valence-electron chi connectivity index (χ0n) is 13.3. The fourth-order valence-corrected chi connectivity index (χ4v) is 2.48. The number of benzene rings is 1. The van der Waals surface area contributed by atoms with Crippen molar-refractivity contribution in [3.05, 3.63) is 64.8 Å². The Morgan fingerprint density at radius 2 is 2.00 bits per heavy atom. The lowest BCUT2D eigenvalue weighted by molar-refractivity contribution is 0.0942. The Morgan fingerprint density at radius 1 is 1.22 bits per heavy atom. The number of nitrogens with zero attached hydrogens (tertiary/aromatic N) is 3. The number of aromatic nitrogens is 3. The molecule has 0 fully saturated rings. The summed E-state index contributed by atoms with van der Waals surface area (Å²) in [6, 6.07) is 11.5. The van der Waals surface area contributed by atoms with Crippen molar-refractivity contribution in [1.82, 2.24) is 20.3 Å². The van der Waals surface area contributed by atoms with Crippen LogP contribution in [0.2, 0.25) is 0 Å². The molecular formula is C17H18N4O2. The van der Waals surface area contributed by atoms with Crippen molar-refractivity contribution in [1.29, 1.82) is 0 Å². The van der Waals surface area contributed by atoms with Crippen LogP contribution in [-0.4, -0.2) is 20.8 Å². The molecule has 118 valence electrons. The van der Waals surface area contributed by atoms with Gasteiger partial charge in [0.1, 0.15) is 5.76 Å². The van der Waals surface area contributed by atoms with Gasteiger partial charge in [-0.1, -0.05) is 23.4 Å². The van der Waals surface area contributed by atoms with Crippen LogP contribution in [0, 0.1) is 20.8 Å². The number of rotatable bonds is 4. The molecule has 0 bridgehead atoms. The number of hydrogen-bond donors (Lipinski definition) is 1. The van der Waals surface area contributed by atoms with Gasteiger partial charge in [0.05, 0.1) is 11.4 Å². The number of nitrogens with one attached hydrogen (secondary N) is 1. The molecule has 1 aromatic carbocycles. The van der Waals surface area contributed by atoms with Crippen molar-refractivity contribution in [3.63, 3.8) is 0 Å². The second-order valence-corrected chi connectivity index (χ2v) is 5.47. The van der Waals surface area contributed by atoms with Gasteiger partial charge in [-0.2, -0.15) is 5.10 Å². The molecule has 23 heavy (non-hydrogen) atoms. The quantitative estimate of drug-likeness (QED) is 0.804. The first-order valence-electron chi connectivity index (χ1n) is 7.37. The van der Waals surface area contributed by atoms with Gasteiger partial charge in [-0.25, -0.2) is 4.68 Å². The molecule has 2 heterocycles. The van der Waals surface area contributed by atoms with Gasteiger partial charge >= 0.3 is 0 Å². The smallest absolute Gasteiger partial charge is 0.273 e. The topological polar surface area (TPSA) is 73.0 Å². The molecule has 0 spiro atoms. The normalized spacial score (nSPS) is 10.7. The zero-order chi connectivity index (χ0) is 16.4. The Labute approximate surface area is 134 Å². The van der Waals surface area contributed by atoms with Crippen molar-refractivity contribution in [2.45, 2.75) is 27.3 Å². The Morgan fingerprint density at radius 3 is 2.65 bits per heavy atom. The van der Waals surface area contributed by atoms with Gasteiger partial charge in [0.15, 0.2) is 5.69 Å². The highest BCUT2D eigenvalue weighted by atomic mass is 16.5. The van der Waals surface area contributed by atoms with Crippen LogP contribution in [0.25, 0.3) is 5.69 Å². The summed E-state index contributed by atoms with van der Waals surface area (Å²) >= 11 is 0. The minimum absolute atomic E-state index is 0.259. The summed E-state index contributed by atoms with van der Waals surface area (Å²) in [6.07, 6.45) is 0. The fourth-order valence-electron chi connectivity index (χ4n) is 2.48. The van der Waals surface area contributed by atoms with E-state index in [1.165, 1.54) is 0 Å². The largest absolute Gasteiger partial charge is 0.361 e. The number of hydrogen-bond acceptors (Lipinski definition) is 4. The van der Waals surface area contributed by atoms with Gasteiger partial charge in [0.25, 0.3) is 5.91 Å². The molecule has 0 saturated carbocycles. The highest BCUT2D eigenvalue weighted by Crippen LogP contribution is 2.17. The molecule has 0 aliphatic rings. The lowest BCUT2D eigenvalue weighted by Crippen LogP contribution is -2.24. The lowest BCUT2D eigenvalue weighted by atomic mass is 10.1. The van der Waals surface area contributed by atoms with Crippen LogP contribution in [0.1, 0.15) is 33.2 Å². The summed E-state index contributed by atoms with van der Waals surface area (Å²) in [5, 5.41) is 11.1. The predicted molar refractivity (Wildman–Crippen MR) is 85.4 cm³/mol. The molecule has 6 heteroatoms. The summed E-state index contributed by atoms with van der Waals surface area (Å²) < 4.78 is 6.81. The van der Waals surface area contributed by atoms with E-state index in [2.05, 4.69) is 15.6 Å². The Balaban J connectivity index is 1.81. The second-order valence-electron chi connectivity index (χ2n) is 5.47. The maximum Gasteiger partial charge on any atom is 0.273 e. The Hall–Kier alpha value is -2.89. The molecule has 6 nitrogen and oxygen atoms in total. The number of amides is 1. The van der Waals surface area contributed by atoms with Crippen LogP contribution >= 0.6 is 0 Å². The molecule has 3 rings (SSSR count). The highest BCUT2D eigenvalue weighted by molar-refractivity contribution is 5.92. The fraction of sp³-hybridized carbons (Fsp3) is 0.235. The first-order chi connectivity index (χ1) is 11.0. The molecule has 1 amide bonds. The van der Waals surface area contributed by atoms with E-state index in [0.29, 0.717) is 12.3 Å². The number of para-hydroxylation sites is 1. The van der Waals surface area contributed by atoms with Crippen LogP contribution < -0.4 is 5.32 Å². The maximum atomic E-state index is 12.1. The molecule has 0 radical (unpaired) electrons. The molecule has 0 unspecified atom stereocenters. The SMILES string of the molecule is Cc1cc(C)n(-c2ccccc2CNC(=O)c2cc(C)on2)n1. The number of aryl methyl sites for hydroxylation is 3. The third-order valence-corrected chi connectivity index (χ3v) is 3.53. The molecule has 1 N–H and O–H groups in total. The van der Waals surface area contributed by atoms with Crippen molar-refractivity contribution < 1.29 is 9.32 Å². The Bertz CT molecular complexity index is 848. The van der Waals surface area contributed by atoms with Crippen molar-refractivity contribution in [2.75, 3.05) is 0 Å². The molecular weight excluding hydrogens is 292 g/mol. The van der Waals surface area contributed by atoms with E-state index < -0.39 is 0 Å². The van der Waals surface area contributed by atoms with E-state index in [0.717, 1.165) is 22.6 Å². The summed E-state index contributed by atoms with van der Waals surface area (Å²) in [7, 11) is 0. The average molecular weight is 310 g/mol. The van der Waals surface area contributed by atoms with Gasteiger partial charge in [0, 0.05) is 18.3 Å². The molecule has 0 saturated heterocycles. The monoisotopic (exact) mass is 310 g/mol. The van der Waals surface area contributed by atoms with Crippen molar-refractivity contribution in [3.8, 4) is 5.69 Å². The van der Waals surface area contributed by atoms with Crippen molar-refractivity contribution >= 4 is 5.91 Å².